The van der Waals surface area contributed by atoms with Crippen LogP contribution < -0.4 is 10.5 Å². The summed E-state index contributed by atoms with van der Waals surface area (Å²) < 4.78 is 11.7. The van der Waals surface area contributed by atoms with Gasteiger partial charge >= 0.3 is 0 Å². The van der Waals surface area contributed by atoms with Gasteiger partial charge in [-0.05, 0) is 37.6 Å². The van der Waals surface area contributed by atoms with E-state index in [0.29, 0.717) is 29.6 Å². The van der Waals surface area contributed by atoms with Crippen LogP contribution in [0.5, 0.6) is 5.75 Å². The molecule has 26 heavy (non-hydrogen) atoms. The van der Waals surface area contributed by atoms with E-state index in [4.69, 9.17) is 15.2 Å². The van der Waals surface area contributed by atoms with E-state index in [2.05, 4.69) is 0 Å². The van der Waals surface area contributed by atoms with Crippen molar-refractivity contribution in [3.05, 3.63) is 83.8 Å². The summed E-state index contributed by atoms with van der Waals surface area (Å²) in [5.41, 5.74) is 7.63. The largest absolute Gasteiger partial charge is 0.490 e. The van der Waals surface area contributed by atoms with Crippen molar-refractivity contribution in [3.63, 3.8) is 0 Å². The summed E-state index contributed by atoms with van der Waals surface area (Å²) in [4.78, 5) is 0. The van der Waals surface area contributed by atoms with E-state index >= 15 is 0 Å². The van der Waals surface area contributed by atoms with Crippen LogP contribution in [-0.2, 0) is 11.3 Å². The predicted molar refractivity (Wildman–Crippen MR) is 113 cm³/mol. The molecule has 0 saturated carbocycles. The first-order valence-corrected chi connectivity index (χ1v) is 9.23. The average molecular weight is 356 g/mol. The highest BCUT2D eigenvalue weighted by Gasteiger charge is 2.06. The Morgan fingerprint density at radius 3 is 2.08 bits per heavy atom. The van der Waals surface area contributed by atoms with Gasteiger partial charge in [-0.15, -0.1) is 0 Å². The summed E-state index contributed by atoms with van der Waals surface area (Å²) in [6, 6.07) is 17.4. The Kier molecular flexibility index (Phi) is 13.1. The standard InChI is InChI=1S/C19H21NO2.2C2H6/c1-3-9-18(22-19-13-8-7-12-17(19)20)15(2)21-14-16-10-5-4-6-11-16;2*1-2/h3-13H,14,20H2,1-2H3;2*1-2H3/b9-3-,18-15-;;. The molecule has 142 valence electrons. The van der Waals surface area contributed by atoms with E-state index in [0.717, 1.165) is 5.56 Å². The van der Waals surface area contributed by atoms with Crippen molar-refractivity contribution in [2.75, 3.05) is 5.73 Å². The van der Waals surface area contributed by atoms with Crippen molar-refractivity contribution in [2.45, 2.75) is 48.1 Å². The van der Waals surface area contributed by atoms with Gasteiger partial charge in [-0.25, -0.2) is 0 Å². The summed E-state index contributed by atoms with van der Waals surface area (Å²) in [5.74, 6) is 1.99. The van der Waals surface area contributed by atoms with Crippen molar-refractivity contribution >= 4 is 5.69 Å². The molecular formula is C23H33NO2. The molecule has 2 N–H and O–H groups in total. The molecular weight excluding hydrogens is 322 g/mol. The fourth-order valence-electron chi connectivity index (χ4n) is 1.90. The maximum atomic E-state index is 5.92. The lowest BCUT2D eigenvalue weighted by molar-refractivity contribution is 0.186. The van der Waals surface area contributed by atoms with Crippen LogP contribution in [0, 0.1) is 0 Å². The molecule has 0 amide bonds. The van der Waals surface area contributed by atoms with Crippen LogP contribution in [0.3, 0.4) is 0 Å². The van der Waals surface area contributed by atoms with Crippen molar-refractivity contribution in [1.82, 2.24) is 0 Å². The van der Waals surface area contributed by atoms with Gasteiger partial charge in [0, 0.05) is 0 Å². The van der Waals surface area contributed by atoms with Gasteiger partial charge in [0.2, 0.25) is 0 Å². The number of nitrogen functional groups attached to an aromatic ring is 1. The van der Waals surface area contributed by atoms with E-state index in [1.54, 1.807) is 0 Å². The van der Waals surface area contributed by atoms with Gasteiger partial charge in [0.05, 0.1) is 5.69 Å². The van der Waals surface area contributed by atoms with Crippen molar-refractivity contribution < 1.29 is 9.47 Å². The molecule has 0 aromatic heterocycles. The van der Waals surface area contributed by atoms with Crippen LogP contribution in [0.25, 0.3) is 0 Å². The number of rotatable bonds is 6. The summed E-state index contributed by atoms with van der Waals surface area (Å²) in [6.07, 6.45) is 3.77. The molecule has 2 rings (SSSR count). The third-order valence-corrected chi connectivity index (χ3v) is 3.10. The van der Waals surface area contributed by atoms with Crippen LogP contribution in [-0.4, -0.2) is 0 Å². The zero-order valence-electron chi connectivity index (χ0n) is 17.0. The van der Waals surface area contributed by atoms with Gasteiger partial charge in [-0.2, -0.15) is 0 Å². The van der Waals surface area contributed by atoms with Gasteiger partial charge < -0.3 is 15.2 Å². The number of allylic oxidation sites excluding steroid dienone is 3. The minimum absolute atomic E-state index is 0.501. The first-order valence-electron chi connectivity index (χ1n) is 9.23. The summed E-state index contributed by atoms with van der Waals surface area (Å²) >= 11 is 0. The minimum Gasteiger partial charge on any atom is -0.490 e. The van der Waals surface area contributed by atoms with Crippen molar-refractivity contribution in [3.8, 4) is 5.75 Å². The second kappa shape index (κ2) is 14.6. The van der Waals surface area contributed by atoms with Crippen LogP contribution >= 0.6 is 0 Å². The lowest BCUT2D eigenvalue weighted by Gasteiger charge is -2.13. The molecule has 0 aliphatic carbocycles. The Morgan fingerprint density at radius 2 is 1.50 bits per heavy atom. The van der Waals surface area contributed by atoms with Crippen LogP contribution in [0.2, 0.25) is 0 Å². The summed E-state index contributed by atoms with van der Waals surface area (Å²) in [6.45, 7) is 12.3. The summed E-state index contributed by atoms with van der Waals surface area (Å²) in [5, 5.41) is 0. The normalized spacial score (nSPS) is 10.7. The molecule has 0 spiro atoms. The van der Waals surface area contributed by atoms with Crippen molar-refractivity contribution in [2.24, 2.45) is 0 Å². The molecule has 0 saturated heterocycles. The smallest absolute Gasteiger partial charge is 0.164 e. The number of ether oxygens (including phenoxy) is 2. The lowest BCUT2D eigenvalue weighted by Crippen LogP contribution is -2.02. The zero-order chi connectivity index (χ0) is 19.8. The van der Waals surface area contributed by atoms with Crippen LogP contribution in [0.4, 0.5) is 5.69 Å². The molecule has 0 heterocycles. The molecule has 0 unspecified atom stereocenters. The van der Waals surface area contributed by atoms with E-state index in [9.17, 15) is 0 Å². The van der Waals surface area contributed by atoms with Crippen molar-refractivity contribution in [1.29, 1.82) is 0 Å². The van der Waals surface area contributed by atoms with Gasteiger partial charge in [0.1, 0.15) is 18.1 Å². The molecule has 0 radical (unpaired) electrons. The second-order valence-corrected chi connectivity index (χ2v) is 4.83. The number of hydrogen-bond donors (Lipinski definition) is 1. The molecule has 0 fully saturated rings. The van der Waals surface area contributed by atoms with Crippen LogP contribution in [0.15, 0.2) is 78.3 Å². The van der Waals surface area contributed by atoms with E-state index < -0.39 is 0 Å². The molecule has 0 aliphatic heterocycles. The fourth-order valence-corrected chi connectivity index (χ4v) is 1.90. The maximum Gasteiger partial charge on any atom is 0.164 e. The van der Waals surface area contributed by atoms with E-state index in [1.807, 2.05) is 108 Å². The van der Waals surface area contributed by atoms with E-state index in [-0.39, 0.29) is 0 Å². The number of nitrogens with two attached hydrogens (primary N) is 1. The zero-order valence-corrected chi connectivity index (χ0v) is 17.0. The third-order valence-electron chi connectivity index (χ3n) is 3.10. The van der Waals surface area contributed by atoms with Gasteiger partial charge in [-0.1, -0.05) is 76.2 Å². The average Bonchev–Trinajstić information content (AvgIpc) is 2.71. The highest BCUT2D eigenvalue weighted by atomic mass is 16.5. The molecule has 0 bridgehead atoms. The fraction of sp³-hybridized carbons (Fsp3) is 0.304. The lowest BCUT2D eigenvalue weighted by atomic mass is 10.2. The Bertz CT molecular complexity index is 661. The SMILES string of the molecule is C/C=C\C(Oc1ccccc1N)=C(/C)OCc1ccccc1.CC.CC. The van der Waals surface area contributed by atoms with Gasteiger partial charge in [-0.3, -0.25) is 0 Å². The Balaban J connectivity index is 0.00000146. The Labute approximate surface area is 159 Å². The predicted octanol–water partition coefficient (Wildman–Crippen LogP) is 6.72. The first-order chi connectivity index (χ1) is 12.7. The molecule has 3 heteroatoms. The third kappa shape index (κ3) is 8.43. The topological polar surface area (TPSA) is 44.5 Å². The molecule has 3 nitrogen and oxygen atoms in total. The monoisotopic (exact) mass is 355 g/mol. The number of benzene rings is 2. The first kappa shape index (κ1) is 23.3. The molecule has 0 aliphatic rings. The summed E-state index contributed by atoms with van der Waals surface area (Å²) in [7, 11) is 0. The minimum atomic E-state index is 0.501. The quantitative estimate of drug-likeness (QED) is 0.355. The number of hydrogen-bond acceptors (Lipinski definition) is 3. The number of para-hydroxylation sites is 2. The van der Waals surface area contributed by atoms with Gasteiger partial charge in [0.25, 0.3) is 0 Å². The second-order valence-electron chi connectivity index (χ2n) is 4.83. The molecule has 2 aromatic carbocycles. The highest BCUT2D eigenvalue weighted by Crippen LogP contribution is 2.24. The van der Waals surface area contributed by atoms with E-state index in [1.165, 1.54) is 0 Å². The molecule has 0 atom stereocenters. The number of anilines is 1. The maximum absolute atomic E-state index is 5.92. The Morgan fingerprint density at radius 1 is 0.923 bits per heavy atom. The molecule has 2 aromatic rings. The highest BCUT2D eigenvalue weighted by molar-refractivity contribution is 5.52. The van der Waals surface area contributed by atoms with Crippen LogP contribution in [0.1, 0.15) is 47.1 Å². The van der Waals surface area contributed by atoms with Gasteiger partial charge in [0.15, 0.2) is 5.76 Å². The Hall–Kier alpha value is -2.68.